The number of hydrogen-bond donors (Lipinski definition) is 0. The third kappa shape index (κ3) is 1.64. The van der Waals surface area contributed by atoms with Gasteiger partial charge in [-0.2, -0.15) is 0 Å². The topological polar surface area (TPSA) is 0 Å². The van der Waals surface area contributed by atoms with Crippen molar-refractivity contribution in [2.75, 3.05) is 0 Å². The van der Waals surface area contributed by atoms with Crippen molar-refractivity contribution in [1.29, 1.82) is 0 Å². The van der Waals surface area contributed by atoms with Gasteiger partial charge in [-0.05, 0) is 51.4 Å². The predicted octanol–water partition coefficient (Wildman–Crippen LogP) is 5.22. The standard InChI is InChI=1S/C22H15/c1-3-7-19-15(5-1)9-11-21(19)17-10-12-22-18(14-17)13-16-6-2-4-8-20(16)22/h1-12,21H,13H2. The maximum Gasteiger partial charge on any atom is 0.0285 e. The first-order chi connectivity index (χ1) is 10.9. The van der Waals surface area contributed by atoms with Crippen LogP contribution in [-0.2, 0) is 6.42 Å². The molecule has 3 aromatic rings. The molecular formula is C22H15. The van der Waals surface area contributed by atoms with Gasteiger partial charge < -0.3 is 0 Å². The predicted molar refractivity (Wildman–Crippen MR) is 90.8 cm³/mol. The van der Waals surface area contributed by atoms with Crippen LogP contribution in [0.15, 0.2) is 66.7 Å². The average molecular weight is 279 g/mol. The monoisotopic (exact) mass is 279 g/mol. The van der Waals surface area contributed by atoms with E-state index in [-0.39, 0.29) is 0 Å². The van der Waals surface area contributed by atoms with E-state index in [2.05, 4.69) is 78.9 Å². The maximum atomic E-state index is 3.70. The van der Waals surface area contributed by atoms with Gasteiger partial charge in [-0.15, -0.1) is 0 Å². The van der Waals surface area contributed by atoms with Gasteiger partial charge in [0.1, 0.15) is 0 Å². The van der Waals surface area contributed by atoms with Gasteiger partial charge >= 0.3 is 0 Å². The molecule has 1 unspecified atom stereocenters. The van der Waals surface area contributed by atoms with Gasteiger partial charge in [-0.25, -0.2) is 0 Å². The molecule has 0 aromatic heterocycles. The molecule has 0 N–H and O–H groups in total. The molecule has 0 spiro atoms. The highest BCUT2D eigenvalue weighted by Gasteiger charge is 2.23. The minimum atomic E-state index is 0.352. The van der Waals surface area contributed by atoms with Crippen LogP contribution in [0.5, 0.6) is 0 Å². The van der Waals surface area contributed by atoms with Crippen LogP contribution in [-0.4, -0.2) is 0 Å². The van der Waals surface area contributed by atoms with Crippen molar-refractivity contribution in [2.45, 2.75) is 12.3 Å². The Labute approximate surface area is 130 Å². The van der Waals surface area contributed by atoms with Crippen molar-refractivity contribution < 1.29 is 0 Å². The summed E-state index contributed by atoms with van der Waals surface area (Å²) in [6, 6.07) is 25.6. The molecule has 0 bridgehead atoms. The Balaban J connectivity index is 1.60. The highest BCUT2D eigenvalue weighted by molar-refractivity contribution is 5.77. The summed E-state index contributed by atoms with van der Waals surface area (Å²) in [5.41, 5.74) is 9.52. The van der Waals surface area contributed by atoms with E-state index in [4.69, 9.17) is 0 Å². The Bertz CT molecular complexity index is 915. The van der Waals surface area contributed by atoms with Crippen LogP contribution in [0.2, 0.25) is 0 Å². The lowest BCUT2D eigenvalue weighted by Crippen LogP contribution is -1.97. The molecule has 2 aliphatic rings. The molecular weight excluding hydrogens is 264 g/mol. The largest absolute Gasteiger partial charge is 0.0720 e. The fraction of sp³-hybridized carbons (Fsp3) is 0.0909. The second-order valence-electron chi connectivity index (χ2n) is 6.11. The zero-order chi connectivity index (χ0) is 14.5. The Morgan fingerprint density at radius 1 is 0.818 bits per heavy atom. The second kappa shape index (κ2) is 4.45. The molecule has 1 radical (unpaired) electrons. The molecule has 2 aliphatic carbocycles. The second-order valence-corrected chi connectivity index (χ2v) is 6.11. The molecule has 0 amide bonds. The van der Waals surface area contributed by atoms with Gasteiger partial charge in [0, 0.05) is 5.92 Å². The molecule has 0 saturated heterocycles. The summed E-state index contributed by atoms with van der Waals surface area (Å²) >= 11 is 0. The number of hydrogen-bond acceptors (Lipinski definition) is 0. The van der Waals surface area contributed by atoms with E-state index in [1.807, 2.05) is 0 Å². The van der Waals surface area contributed by atoms with Gasteiger partial charge in [0.15, 0.2) is 0 Å². The van der Waals surface area contributed by atoms with Crippen LogP contribution in [0, 0.1) is 6.07 Å². The first-order valence-electron chi connectivity index (χ1n) is 7.81. The average Bonchev–Trinajstić information content (AvgIpc) is 3.15. The van der Waals surface area contributed by atoms with E-state index >= 15 is 0 Å². The first kappa shape index (κ1) is 12.0. The lowest BCUT2D eigenvalue weighted by atomic mass is 9.91. The molecule has 0 fully saturated rings. The lowest BCUT2D eigenvalue weighted by molar-refractivity contribution is 1.04. The molecule has 0 heteroatoms. The molecule has 3 aromatic carbocycles. The summed E-state index contributed by atoms with van der Waals surface area (Å²) in [5, 5.41) is 0. The smallest absolute Gasteiger partial charge is 0.0285 e. The summed E-state index contributed by atoms with van der Waals surface area (Å²) < 4.78 is 0. The number of benzene rings is 3. The fourth-order valence-electron chi connectivity index (χ4n) is 3.78. The van der Waals surface area contributed by atoms with Crippen LogP contribution in [0.1, 0.15) is 33.7 Å². The third-order valence-corrected chi connectivity index (χ3v) is 4.86. The van der Waals surface area contributed by atoms with Gasteiger partial charge in [0.05, 0.1) is 0 Å². The Kier molecular flexibility index (Phi) is 2.42. The molecule has 0 nitrogen and oxygen atoms in total. The van der Waals surface area contributed by atoms with Crippen LogP contribution < -0.4 is 0 Å². The molecule has 0 heterocycles. The molecule has 22 heavy (non-hydrogen) atoms. The Hall–Kier alpha value is -2.60. The van der Waals surface area contributed by atoms with Crippen LogP contribution in [0.3, 0.4) is 0 Å². The SMILES string of the molecule is [c]1c(C2C=Cc3ccccc32)ccc2c1Cc1ccccc1-2. The van der Waals surface area contributed by atoms with E-state index in [1.54, 1.807) is 0 Å². The van der Waals surface area contributed by atoms with Crippen LogP contribution >= 0.6 is 0 Å². The summed E-state index contributed by atoms with van der Waals surface area (Å²) in [6.07, 6.45) is 5.54. The number of fused-ring (bicyclic) bond motifs is 4. The number of allylic oxidation sites excluding steroid dienone is 1. The van der Waals surface area contributed by atoms with Crippen molar-refractivity contribution in [3.63, 3.8) is 0 Å². The van der Waals surface area contributed by atoms with Crippen LogP contribution in [0.4, 0.5) is 0 Å². The Morgan fingerprint density at radius 2 is 1.68 bits per heavy atom. The molecule has 0 aliphatic heterocycles. The van der Waals surface area contributed by atoms with E-state index in [0.29, 0.717) is 5.92 Å². The summed E-state index contributed by atoms with van der Waals surface area (Å²) in [4.78, 5) is 0. The summed E-state index contributed by atoms with van der Waals surface area (Å²) in [5.74, 6) is 0.352. The van der Waals surface area contributed by atoms with E-state index in [9.17, 15) is 0 Å². The highest BCUT2D eigenvalue weighted by atomic mass is 14.3. The Morgan fingerprint density at radius 3 is 2.68 bits per heavy atom. The normalized spacial score (nSPS) is 17.2. The first-order valence-corrected chi connectivity index (χ1v) is 7.81. The van der Waals surface area contributed by atoms with Crippen molar-refractivity contribution in [3.05, 3.63) is 101 Å². The van der Waals surface area contributed by atoms with Crippen molar-refractivity contribution in [2.24, 2.45) is 0 Å². The maximum absolute atomic E-state index is 3.70. The van der Waals surface area contributed by atoms with Crippen molar-refractivity contribution >= 4 is 6.08 Å². The van der Waals surface area contributed by atoms with E-state index in [1.165, 1.54) is 38.9 Å². The summed E-state index contributed by atoms with van der Waals surface area (Å²) in [7, 11) is 0. The van der Waals surface area contributed by atoms with Gasteiger partial charge in [-0.3, -0.25) is 0 Å². The minimum Gasteiger partial charge on any atom is -0.0720 e. The molecule has 0 saturated carbocycles. The minimum absolute atomic E-state index is 0.352. The fourth-order valence-corrected chi connectivity index (χ4v) is 3.78. The highest BCUT2D eigenvalue weighted by Crippen LogP contribution is 2.40. The third-order valence-electron chi connectivity index (χ3n) is 4.86. The molecule has 103 valence electrons. The quantitative estimate of drug-likeness (QED) is 0.448. The van der Waals surface area contributed by atoms with Gasteiger partial charge in [-0.1, -0.05) is 72.8 Å². The summed E-state index contributed by atoms with van der Waals surface area (Å²) in [6.45, 7) is 0. The lowest BCUT2D eigenvalue weighted by Gasteiger charge is -2.12. The van der Waals surface area contributed by atoms with Crippen molar-refractivity contribution in [1.82, 2.24) is 0 Å². The molecule has 1 atom stereocenters. The van der Waals surface area contributed by atoms with E-state index < -0.39 is 0 Å². The van der Waals surface area contributed by atoms with Gasteiger partial charge in [0.2, 0.25) is 0 Å². The van der Waals surface area contributed by atoms with E-state index in [0.717, 1.165) is 6.42 Å². The number of rotatable bonds is 1. The van der Waals surface area contributed by atoms with Gasteiger partial charge in [0.25, 0.3) is 0 Å². The zero-order valence-electron chi connectivity index (χ0n) is 12.2. The van der Waals surface area contributed by atoms with Crippen molar-refractivity contribution in [3.8, 4) is 11.1 Å². The van der Waals surface area contributed by atoms with Crippen LogP contribution in [0.25, 0.3) is 17.2 Å². The zero-order valence-corrected chi connectivity index (χ0v) is 12.2. The molecule has 5 rings (SSSR count).